The summed E-state index contributed by atoms with van der Waals surface area (Å²) in [6.07, 6.45) is 2.76. The molecule has 0 saturated heterocycles. The molecule has 0 radical (unpaired) electrons. The Hall–Kier alpha value is -2.26. The minimum absolute atomic E-state index is 0.651. The molecule has 3 aromatic rings. The third kappa shape index (κ3) is 3.31. The lowest BCUT2D eigenvalue weighted by Gasteiger charge is -2.16. The third-order valence-corrected chi connectivity index (χ3v) is 4.52. The van der Waals surface area contributed by atoms with Crippen molar-refractivity contribution in [2.75, 3.05) is 24.3 Å². The first-order valence-corrected chi connectivity index (χ1v) is 8.58. The van der Waals surface area contributed by atoms with E-state index in [1.54, 1.807) is 6.20 Å². The number of nitrogens with one attached hydrogen (secondary N) is 1. The average Bonchev–Trinajstić information content (AvgIpc) is 2.59. The van der Waals surface area contributed by atoms with Crippen molar-refractivity contribution in [3.63, 3.8) is 0 Å². The molecule has 1 aromatic carbocycles. The van der Waals surface area contributed by atoms with E-state index < -0.39 is 0 Å². The minimum atomic E-state index is 0.651. The second-order valence-corrected chi connectivity index (χ2v) is 6.46. The van der Waals surface area contributed by atoms with Crippen LogP contribution in [-0.2, 0) is 13.0 Å². The molecule has 124 valence electrons. The number of pyridine rings is 1. The summed E-state index contributed by atoms with van der Waals surface area (Å²) in [5, 5.41) is 5.63. The number of anilines is 2. The molecule has 5 nitrogen and oxygen atoms in total. The van der Waals surface area contributed by atoms with Crippen LogP contribution in [0.15, 0.2) is 36.5 Å². The van der Waals surface area contributed by atoms with Gasteiger partial charge in [-0.3, -0.25) is 0 Å². The molecular weight excluding hydrogens is 317 g/mol. The first-order chi connectivity index (χ1) is 11.6. The number of rotatable bonds is 5. The van der Waals surface area contributed by atoms with Crippen LogP contribution in [0.5, 0.6) is 0 Å². The zero-order valence-electron chi connectivity index (χ0n) is 14.2. The van der Waals surface area contributed by atoms with Crippen molar-refractivity contribution in [3.8, 4) is 0 Å². The fourth-order valence-corrected chi connectivity index (χ4v) is 3.06. The zero-order chi connectivity index (χ0) is 17.1. The molecule has 0 spiro atoms. The Morgan fingerprint density at radius 1 is 1.12 bits per heavy atom. The Morgan fingerprint density at radius 2 is 1.96 bits per heavy atom. The first kappa shape index (κ1) is 16.6. The highest BCUT2D eigenvalue weighted by Gasteiger charge is 2.11. The van der Waals surface area contributed by atoms with Gasteiger partial charge in [-0.25, -0.2) is 4.98 Å². The Balaban J connectivity index is 1.98. The van der Waals surface area contributed by atoms with Crippen molar-refractivity contribution in [2.45, 2.75) is 19.9 Å². The van der Waals surface area contributed by atoms with Crippen LogP contribution < -0.4 is 15.5 Å². The summed E-state index contributed by atoms with van der Waals surface area (Å²) in [5.74, 6) is 1.46. The molecule has 0 aliphatic rings. The molecule has 0 bridgehead atoms. The molecule has 0 aliphatic heterocycles. The van der Waals surface area contributed by atoms with E-state index in [9.17, 15) is 0 Å². The molecule has 0 saturated carbocycles. The van der Waals surface area contributed by atoms with E-state index in [0.29, 0.717) is 11.6 Å². The largest absolute Gasteiger partial charge is 0.365 e. The highest BCUT2D eigenvalue weighted by Crippen LogP contribution is 2.22. The van der Waals surface area contributed by atoms with Gasteiger partial charge in [0.25, 0.3) is 0 Å². The lowest BCUT2D eigenvalue weighted by Crippen LogP contribution is -2.16. The van der Waals surface area contributed by atoms with E-state index in [2.05, 4.69) is 54.6 Å². The second-order valence-electron chi connectivity index (χ2n) is 5.83. The first-order valence-electron chi connectivity index (χ1n) is 8.00. The van der Waals surface area contributed by atoms with Gasteiger partial charge in [0.15, 0.2) is 5.65 Å². The van der Waals surface area contributed by atoms with E-state index in [1.165, 1.54) is 16.4 Å². The van der Waals surface area contributed by atoms with Gasteiger partial charge in [-0.05, 0) is 35.0 Å². The van der Waals surface area contributed by atoms with Gasteiger partial charge in [-0.1, -0.05) is 25.1 Å². The van der Waals surface area contributed by atoms with Crippen LogP contribution >= 0.6 is 9.24 Å². The summed E-state index contributed by atoms with van der Waals surface area (Å²) < 4.78 is 0. The van der Waals surface area contributed by atoms with Crippen LogP contribution in [0.25, 0.3) is 11.0 Å². The summed E-state index contributed by atoms with van der Waals surface area (Å²) >= 11 is 0. The standard InChI is InChI=1S/C18H22N5P/c1-4-12-7-5-9-15(24)14(12)11-20-17-13-8-6-10-19-16(13)21-18(22-17)23(2)3/h5-10H,4,11,24H2,1-3H3,(H,19,20,21,22). The van der Waals surface area contributed by atoms with E-state index in [-0.39, 0.29) is 0 Å². The summed E-state index contributed by atoms with van der Waals surface area (Å²) in [5.41, 5.74) is 3.35. The monoisotopic (exact) mass is 339 g/mol. The zero-order valence-corrected chi connectivity index (χ0v) is 15.4. The predicted molar refractivity (Wildman–Crippen MR) is 104 cm³/mol. The van der Waals surface area contributed by atoms with E-state index in [0.717, 1.165) is 24.2 Å². The second kappa shape index (κ2) is 7.10. The molecule has 0 amide bonds. The van der Waals surface area contributed by atoms with Crippen molar-refractivity contribution >= 4 is 37.3 Å². The maximum absolute atomic E-state index is 4.66. The molecule has 3 rings (SSSR count). The van der Waals surface area contributed by atoms with Crippen LogP contribution in [-0.4, -0.2) is 29.0 Å². The lowest BCUT2D eigenvalue weighted by atomic mass is 10.1. The fraction of sp³-hybridized carbons (Fsp3) is 0.278. The normalized spacial score (nSPS) is 10.8. The van der Waals surface area contributed by atoms with Gasteiger partial charge < -0.3 is 10.2 Å². The van der Waals surface area contributed by atoms with Gasteiger partial charge in [-0.15, -0.1) is 9.24 Å². The summed E-state index contributed by atoms with van der Waals surface area (Å²) in [6.45, 7) is 2.90. The Labute approximate surface area is 144 Å². The van der Waals surface area contributed by atoms with Crippen molar-refractivity contribution in [1.29, 1.82) is 0 Å². The number of aryl methyl sites for hydroxylation is 1. The highest BCUT2D eigenvalue weighted by atomic mass is 31.0. The van der Waals surface area contributed by atoms with Gasteiger partial charge in [0.05, 0.1) is 5.39 Å². The molecule has 2 heterocycles. The van der Waals surface area contributed by atoms with Crippen LogP contribution in [0.3, 0.4) is 0 Å². The molecule has 0 aliphatic carbocycles. The van der Waals surface area contributed by atoms with Crippen LogP contribution in [0.1, 0.15) is 18.1 Å². The maximum atomic E-state index is 4.66. The van der Waals surface area contributed by atoms with Crippen molar-refractivity contribution in [1.82, 2.24) is 15.0 Å². The fourth-order valence-electron chi connectivity index (χ4n) is 2.66. The number of nitrogens with zero attached hydrogens (tertiary/aromatic N) is 4. The Kier molecular flexibility index (Phi) is 4.91. The molecular formula is C18H22N5P. The van der Waals surface area contributed by atoms with E-state index in [4.69, 9.17) is 0 Å². The Bertz CT molecular complexity index is 863. The number of hydrogen-bond acceptors (Lipinski definition) is 5. The lowest BCUT2D eigenvalue weighted by molar-refractivity contribution is 0.993. The Morgan fingerprint density at radius 3 is 2.71 bits per heavy atom. The molecule has 0 fully saturated rings. The quantitative estimate of drug-likeness (QED) is 0.725. The van der Waals surface area contributed by atoms with Gasteiger partial charge in [0, 0.05) is 26.8 Å². The number of hydrogen-bond donors (Lipinski definition) is 1. The van der Waals surface area contributed by atoms with Crippen molar-refractivity contribution in [2.24, 2.45) is 0 Å². The van der Waals surface area contributed by atoms with Crippen LogP contribution in [0.4, 0.5) is 11.8 Å². The van der Waals surface area contributed by atoms with Crippen LogP contribution in [0.2, 0.25) is 0 Å². The van der Waals surface area contributed by atoms with Gasteiger partial charge in [0.1, 0.15) is 5.82 Å². The van der Waals surface area contributed by atoms with Gasteiger partial charge in [-0.2, -0.15) is 9.97 Å². The van der Waals surface area contributed by atoms with Crippen LogP contribution in [0, 0.1) is 0 Å². The van der Waals surface area contributed by atoms with Crippen molar-refractivity contribution < 1.29 is 0 Å². The minimum Gasteiger partial charge on any atom is -0.365 e. The molecule has 6 heteroatoms. The summed E-state index contributed by atoms with van der Waals surface area (Å²) in [7, 11) is 6.68. The molecule has 2 aromatic heterocycles. The topological polar surface area (TPSA) is 53.9 Å². The predicted octanol–water partition coefficient (Wildman–Crippen LogP) is 2.77. The number of aromatic nitrogens is 3. The smallest absolute Gasteiger partial charge is 0.228 e. The average molecular weight is 339 g/mol. The van der Waals surface area contributed by atoms with Gasteiger partial charge >= 0.3 is 0 Å². The number of fused-ring (bicyclic) bond motifs is 1. The van der Waals surface area contributed by atoms with E-state index >= 15 is 0 Å². The van der Waals surface area contributed by atoms with Crippen molar-refractivity contribution in [3.05, 3.63) is 47.7 Å². The maximum Gasteiger partial charge on any atom is 0.228 e. The number of benzene rings is 1. The molecule has 1 unspecified atom stereocenters. The SMILES string of the molecule is CCc1cccc(P)c1CNc1nc(N(C)C)nc2ncccc12. The highest BCUT2D eigenvalue weighted by molar-refractivity contribution is 7.27. The molecule has 24 heavy (non-hydrogen) atoms. The summed E-state index contributed by atoms with van der Waals surface area (Å²) in [6, 6.07) is 10.3. The summed E-state index contributed by atoms with van der Waals surface area (Å²) in [4.78, 5) is 15.4. The van der Waals surface area contributed by atoms with Gasteiger partial charge in [0.2, 0.25) is 5.95 Å². The molecule has 1 atom stereocenters. The third-order valence-electron chi connectivity index (χ3n) is 3.98. The van der Waals surface area contributed by atoms with E-state index in [1.807, 2.05) is 31.1 Å². The molecule has 1 N–H and O–H groups in total.